The molecule has 2 heterocycles. The third-order valence-electron chi connectivity index (χ3n) is 4.16. The molecule has 0 unspecified atom stereocenters. The molecular weight excluding hydrogens is 292 g/mol. The molecule has 1 aromatic rings. The second-order valence-corrected chi connectivity index (χ2v) is 6.10. The summed E-state index contributed by atoms with van der Waals surface area (Å²) in [5.41, 5.74) is 1.64. The highest BCUT2D eigenvalue weighted by atomic mass is 16.2. The Morgan fingerprint density at radius 1 is 1.22 bits per heavy atom. The van der Waals surface area contributed by atoms with Crippen LogP contribution in [0.1, 0.15) is 29.4 Å². The van der Waals surface area contributed by atoms with E-state index in [4.69, 9.17) is 0 Å². The summed E-state index contributed by atoms with van der Waals surface area (Å²) < 4.78 is 0. The van der Waals surface area contributed by atoms with Gasteiger partial charge in [-0.1, -0.05) is 6.92 Å². The summed E-state index contributed by atoms with van der Waals surface area (Å²) in [6.45, 7) is 5.42. The molecule has 1 saturated heterocycles. The fourth-order valence-corrected chi connectivity index (χ4v) is 2.65. The summed E-state index contributed by atoms with van der Waals surface area (Å²) in [7, 11) is 3.54. The van der Waals surface area contributed by atoms with Crippen molar-refractivity contribution in [3.05, 3.63) is 29.6 Å². The van der Waals surface area contributed by atoms with Crippen LogP contribution in [0.5, 0.6) is 0 Å². The summed E-state index contributed by atoms with van der Waals surface area (Å²) >= 11 is 0. The fourth-order valence-electron chi connectivity index (χ4n) is 2.65. The van der Waals surface area contributed by atoms with Gasteiger partial charge < -0.3 is 9.80 Å². The molecule has 0 aromatic carbocycles. The Morgan fingerprint density at radius 2 is 2.00 bits per heavy atom. The molecular formula is C17H26N4O2. The monoisotopic (exact) mass is 318 g/mol. The number of pyridine rings is 1. The molecule has 6 nitrogen and oxygen atoms in total. The molecule has 0 N–H and O–H groups in total. The van der Waals surface area contributed by atoms with Crippen molar-refractivity contribution < 1.29 is 9.59 Å². The van der Waals surface area contributed by atoms with E-state index in [1.165, 1.54) is 0 Å². The fraction of sp³-hybridized carbons (Fsp3) is 0.588. The zero-order valence-electron chi connectivity index (χ0n) is 14.3. The van der Waals surface area contributed by atoms with Gasteiger partial charge in [0.15, 0.2) is 0 Å². The number of rotatable bonds is 4. The van der Waals surface area contributed by atoms with Crippen LogP contribution < -0.4 is 0 Å². The van der Waals surface area contributed by atoms with Crippen LogP contribution in [0.15, 0.2) is 18.3 Å². The topological polar surface area (TPSA) is 56.8 Å². The maximum atomic E-state index is 12.7. The minimum atomic E-state index is 0.0582. The predicted molar refractivity (Wildman–Crippen MR) is 89.3 cm³/mol. The Balaban J connectivity index is 1.96. The number of aryl methyl sites for hydroxylation is 1. The van der Waals surface area contributed by atoms with E-state index in [2.05, 4.69) is 9.88 Å². The first kappa shape index (κ1) is 17.4. The normalized spacial score (nSPS) is 16.0. The minimum absolute atomic E-state index is 0.0582. The summed E-state index contributed by atoms with van der Waals surface area (Å²) in [4.78, 5) is 34.4. The van der Waals surface area contributed by atoms with E-state index >= 15 is 0 Å². The van der Waals surface area contributed by atoms with Gasteiger partial charge in [0.25, 0.3) is 5.91 Å². The molecule has 0 spiro atoms. The van der Waals surface area contributed by atoms with Crippen molar-refractivity contribution in [3.63, 3.8) is 0 Å². The van der Waals surface area contributed by atoms with Gasteiger partial charge in [0.05, 0.1) is 6.54 Å². The largest absolute Gasteiger partial charge is 0.348 e. The zero-order valence-corrected chi connectivity index (χ0v) is 14.3. The number of carbonyl (C=O) groups is 2. The number of nitrogens with zero attached hydrogens (tertiary/aromatic N) is 4. The van der Waals surface area contributed by atoms with Crippen molar-refractivity contribution >= 4 is 11.8 Å². The molecule has 1 aliphatic rings. The number of amides is 2. The van der Waals surface area contributed by atoms with Crippen molar-refractivity contribution in [2.75, 3.05) is 46.8 Å². The van der Waals surface area contributed by atoms with Gasteiger partial charge in [0.1, 0.15) is 0 Å². The van der Waals surface area contributed by atoms with Crippen LogP contribution >= 0.6 is 0 Å². The standard InChI is InChI=1S/C17H26N4O2/c1-4-15-12-14(6-7-18-15)17(23)21-9-5-8-20(10-11-21)13-16(22)19(2)3/h6-7,12H,4-5,8-11,13H2,1-3H3. The number of aromatic nitrogens is 1. The molecule has 0 bridgehead atoms. The lowest BCUT2D eigenvalue weighted by Gasteiger charge is -2.23. The van der Waals surface area contributed by atoms with E-state index in [-0.39, 0.29) is 11.8 Å². The highest BCUT2D eigenvalue weighted by Gasteiger charge is 2.22. The predicted octanol–water partition coefficient (Wildman–Crippen LogP) is 0.880. The average Bonchev–Trinajstić information content (AvgIpc) is 2.79. The number of likely N-dealkylation sites (N-methyl/N-ethyl adjacent to an activating group) is 1. The van der Waals surface area contributed by atoms with Gasteiger partial charge >= 0.3 is 0 Å². The molecule has 23 heavy (non-hydrogen) atoms. The second kappa shape index (κ2) is 8.06. The highest BCUT2D eigenvalue weighted by molar-refractivity contribution is 5.94. The first-order valence-electron chi connectivity index (χ1n) is 8.18. The Morgan fingerprint density at radius 3 is 2.70 bits per heavy atom. The van der Waals surface area contributed by atoms with Crippen molar-refractivity contribution in [3.8, 4) is 0 Å². The lowest BCUT2D eigenvalue weighted by molar-refractivity contribution is -0.129. The summed E-state index contributed by atoms with van der Waals surface area (Å²) in [6, 6.07) is 3.65. The SMILES string of the molecule is CCc1cc(C(=O)N2CCCN(CC(=O)N(C)C)CC2)ccn1. The summed E-state index contributed by atoms with van der Waals surface area (Å²) in [5, 5.41) is 0. The lowest BCUT2D eigenvalue weighted by Crippen LogP contribution is -2.39. The Bertz CT molecular complexity index is 559. The minimum Gasteiger partial charge on any atom is -0.348 e. The van der Waals surface area contributed by atoms with Gasteiger partial charge in [-0.05, 0) is 25.0 Å². The van der Waals surface area contributed by atoms with Crippen LogP contribution in [-0.4, -0.2) is 78.3 Å². The molecule has 6 heteroatoms. The molecule has 0 aliphatic carbocycles. The van der Waals surface area contributed by atoms with Crippen LogP contribution in [0.3, 0.4) is 0 Å². The Kier molecular flexibility index (Phi) is 6.10. The third kappa shape index (κ3) is 4.76. The Hall–Kier alpha value is -1.95. The van der Waals surface area contributed by atoms with Crippen LogP contribution in [0.4, 0.5) is 0 Å². The van der Waals surface area contributed by atoms with E-state index in [9.17, 15) is 9.59 Å². The van der Waals surface area contributed by atoms with Gasteiger partial charge in [0.2, 0.25) is 5.91 Å². The molecule has 2 amide bonds. The van der Waals surface area contributed by atoms with Gasteiger partial charge in [0, 0.05) is 57.7 Å². The van der Waals surface area contributed by atoms with Gasteiger partial charge in [-0.25, -0.2) is 0 Å². The van der Waals surface area contributed by atoms with Gasteiger partial charge in [-0.2, -0.15) is 0 Å². The smallest absolute Gasteiger partial charge is 0.254 e. The average molecular weight is 318 g/mol. The van der Waals surface area contributed by atoms with Crippen LogP contribution in [0.25, 0.3) is 0 Å². The molecule has 1 aliphatic heterocycles. The van der Waals surface area contributed by atoms with Crippen molar-refractivity contribution in [1.29, 1.82) is 0 Å². The van der Waals surface area contributed by atoms with Crippen LogP contribution in [0, 0.1) is 0 Å². The third-order valence-corrected chi connectivity index (χ3v) is 4.16. The van der Waals surface area contributed by atoms with Crippen LogP contribution in [-0.2, 0) is 11.2 Å². The first-order chi connectivity index (χ1) is 11.0. The first-order valence-corrected chi connectivity index (χ1v) is 8.18. The molecule has 1 aromatic heterocycles. The van der Waals surface area contributed by atoms with Gasteiger partial charge in [-0.3, -0.25) is 19.5 Å². The molecule has 126 valence electrons. The molecule has 0 saturated carbocycles. The number of hydrogen-bond donors (Lipinski definition) is 0. The highest BCUT2D eigenvalue weighted by Crippen LogP contribution is 2.10. The Labute approximate surface area is 138 Å². The van der Waals surface area contributed by atoms with E-state index < -0.39 is 0 Å². The van der Waals surface area contributed by atoms with Crippen molar-refractivity contribution in [2.45, 2.75) is 19.8 Å². The maximum absolute atomic E-state index is 12.7. The second-order valence-electron chi connectivity index (χ2n) is 6.10. The molecule has 0 radical (unpaired) electrons. The molecule has 1 fully saturated rings. The lowest BCUT2D eigenvalue weighted by atomic mass is 10.1. The van der Waals surface area contributed by atoms with E-state index in [1.807, 2.05) is 17.9 Å². The quantitative estimate of drug-likeness (QED) is 0.827. The summed E-state index contributed by atoms with van der Waals surface area (Å²) in [6.07, 6.45) is 3.41. The maximum Gasteiger partial charge on any atom is 0.254 e. The summed E-state index contributed by atoms with van der Waals surface area (Å²) in [5.74, 6) is 0.161. The van der Waals surface area contributed by atoms with E-state index in [0.29, 0.717) is 18.7 Å². The molecule has 2 rings (SSSR count). The van der Waals surface area contributed by atoms with Crippen molar-refractivity contribution in [2.24, 2.45) is 0 Å². The zero-order chi connectivity index (χ0) is 16.8. The molecule has 0 atom stereocenters. The van der Waals surface area contributed by atoms with Crippen molar-refractivity contribution in [1.82, 2.24) is 19.7 Å². The van der Waals surface area contributed by atoms with E-state index in [0.717, 1.165) is 38.2 Å². The number of carbonyl (C=O) groups excluding carboxylic acids is 2. The van der Waals surface area contributed by atoms with Gasteiger partial charge in [-0.15, -0.1) is 0 Å². The van der Waals surface area contributed by atoms with E-state index in [1.54, 1.807) is 31.3 Å². The number of hydrogen-bond acceptors (Lipinski definition) is 4. The van der Waals surface area contributed by atoms with Crippen LogP contribution in [0.2, 0.25) is 0 Å².